The van der Waals surface area contributed by atoms with Crippen LogP contribution in [0.2, 0.25) is 0 Å². The topological polar surface area (TPSA) is 45.1 Å². The van der Waals surface area contributed by atoms with Gasteiger partial charge in [0.05, 0.1) is 5.69 Å². The van der Waals surface area contributed by atoms with E-state index in [2.05, 4.69) is 24.1 Å². The average molecular weight is 228 g/mol. The quantitative estimate of drug-likeness (QED) is 0.786. The van der Waals surface area contributed by atoms with Crippen molar-refractivity contribution in [1.82, 2.24) is 4.98 Å². The number of thiazole rings is 1. The third-order valence-electron chi connectivity index (χ3n) is 2.69. The van der Waals surface area contributed by atoms with Crippen molar-refractivity contribution in [3.05, 3.63) is 10.6 Å². The van der Waals surface area contributed by atoms with Crippen LogP contribution in [0.1, 0.15) is 30.3 Å². The molecule has 1 heterocycles. The van der Waals surface area contributed by atoms with E-state index < -0.39 is 0 Å². The second kappa shape index (κ2) is 6.08. The van der Waals surface area contributed by atoms with Crippen molar-refractivity contribution in [3.63, 3.8) is 0 Å². The normalized spacial score (nSPS) is 12.8. The Bertz CT molecular complexity index is 279. The van der Waals surface area contributed by atoms with Gasteiger partial charge in [-0.05, 0) is 26.2 Å². The fourth-order valence-corrected chi connectivity index (χ4v) is 2.23. The van der Waals surface area contributed by atoms with Crippen LogP contribution in [0, 0.1) is 19.8 Å². The number of aliphatic hydroxyl groups excluding tert-OH is 1. The first kappa shape index (κ1) is 12.5. The number of hydrogen-bond donors (Lipinski definition) is 2. The monoisotopic (exact) mass is 228 g/mol. The molecule has 0 saturated carbocycles. The molecule has 1 rings (SSSR count). The third-order valence-corrected chi connectivity index (χ3v) is 3.72. The summed E-state index contributed by atoms with van der Waals surface area (Å²) < 4.78 is 0. The predicted octanol–water partition coefficient (Wildman–Crippen LogP) is 2.58. The fourth-order valence-electron chi connectivity index (χ4n) is 1.41. The van der Waals surface area contributed by atoms with E-state index in [0.717, 1.165) is 30.2 Å². The number of nitrogens with zero attached hydrogens (tertiary/aromatic N) is 1. The minimum Gasteiger partial charge on any atom is -0.396 e. The predicted molar refractivity (Wildman–Crippen MR) is 65.6 cm³/mol. The van der Waals surface area contributed by atoms with Crippen molar-refractivity contribution in [3.8, 4) is 0 Å². The summed E-state index contributed by atoms with van der Waals surface area (Å²) in [6.07, 6.45) is 1.96. The summed E-state index contributed by atoms with van der Waals surface area (Å²) >= 11 is 1.70. The molecule has 15 heavy (non-hydrogen) atoms. The lowest BCUT2D eigenvalue weighted by Gasteiger charge is -2.13. The smallest absolute Gasteiger partial charge is 0.183 e. The fraction of sp³-hybridized carbons (Fsp3) is 0.727. The van der Waals surface area contributed by atoms with Crippen LogP contribution in [-0.4, -0.2) is 23.2 Å². The molecule has 0 spiro atoms. The summed E-state index contributed by atoms with van der Waals surface area (Å²) in [7, 11) is 0. The van der Waals surface area contributed by atoms with Crippen LogP contribution in [0.5, 0.6) is 0 Å². The van der Waals surface area contributed by atoms with Crippen molar-refractivity contribution in [1.29, 1.82) is 0 Å². The van der Waals surface area contributed by atoms with Crippen LogP contribution >= 0.6 is 11.3 Å². The lowest BCUT2D eigenvalue weighted by molar-refractivity contribution is 0.258. The van der Waals surface area contributed by atoms with Crippen LogP contribution in [0.15, 0.2) is 0 Å². The molecule has 1 unspecified atom stereocenters. The van der Waals surface area contributed by atoms with Gasteiger partial charge in [0, 0.05) is 18.0 Å². The average Bonchev–Trinajstić information content (AvgIpc) is 2.53. The van der Waals surface area contributed by atoms with Gasteiger partial charge in [-0.2, -0.15) is 0 Å². The molecule has 1 aromatic heterocycles. The summed E-state index contributed by atoms with van der Waals surface area (Å²) in [6.45, 7) is 7.45. The lowest BCUT2D eigenvalue weighted by atomic mass is 10.0. The number of anilines is 1. The highest BCUT2D eigenvalue weighted by Gasteiger charge is 2.07. The highest BCUT2D eigenvalue weighted by molar-refractivity contribution is 7.15. The Hall–Kier alpha value is -0.610. The molecule has 1 atom stereocenters. The van der Waals surface area contributed by atoms with E-state index in [9.17, 15) is 0 Å². The van der Waals surface area contributed by atoms with Gasteiger partial charge in [-0.3, -0.25) is 0 Å². The Morgan fingerprint density at radius 1 is 1.47 bits per heavy atom. The zero-order valence-corrected chi connectivity index (χ0v) is 10.5. The number of hydrogen-bond acceptors (Lipinski definition) is 4. The molecule has 0 aliphatic carbocycles. The molecule has 0 aromatic carbocycles. The van der Waals surface area contributed by atoms with Crippen LogP contribution in [-0.2, 0) is 0 Å². The number of rotatable bonds is 6. The van der Waals surface area contributed by atoms with Crippen LogP contribution < -0.4 is 5.32 Å². The van der Waals surface area contributed by atoms with E-state index in [1.54, 1.807) is 11.3 Å². The van der Waals surface area contributed by atoms with Crippen molar-refractivity contribution >= 4 is 16.5 Å². The van der Waals surface area contributed by atoms with Gasteiger partial charge < -0.3 is 10.4 Å². The lowest BCUT2D eigenvalue weighted by Crippen LogP contribution is -2.14. The van der Waals surface area contributed by atoms with Crippen molar-refractivity contribution < 1.29 is 5.11 Å². The maximum absolute atomic E-state index is 8.87. The van der Waals surface area contributed by atoms with Crippen molar-refractivity contribution in [2.45, 2.75) is 33.6 Å². The van der Waals surface area contributed by atoms with Crippen LogP contribution in [0.3, 0.4) is 0 Å². The van der Waals surface area contributed by atoms with Gasteiger partial charge >= 0.3 is 0 Å². The van der Waals surface area contributed by atoms with E-state index >= 15 is 0 Å². The number of aryl methyl sites for hydroxylation is 2. The zero-order valence-electron chi connectivity index (χ0n) is 9.71. The summed E-state index contributed by atoms with van der Waals surface area (Å²) in [5.41, 5.74) is 1.11. The van der Waals surface area contributed by atoms with E-state index in [1.807, 2.05) is 6.92 Å². The molecule has 86 valence electrons. The highest BCUT2D eigenvalue weighted by atomic mass is 32.1. The van der Waals surface area contributed by atoms with Crippen LogP contribution in [0.4, 0.5) is 5.13 Å². The highest BCUT2D eigenvalue weighted by Crippen LogP contribution is 2.21. The molecule has 0 aliphatic heterocycles. The minimum atomic E-state index is 0.274. The third kappa shape index (κ3) is 3.80. The molecule has 4 heteroatoms. The van der Waals surface area contributed by atoms with Gasteiger partial charge in [0.2, 0.25) is 0 Å². The summed E-state index contributed by atoms with van der Waals surface area (Å²) in [4.78, 5) is 5.69. The number of nitrogens with one attached hydrogen (secondary N) is 1. The van der Waals surface area contributed by atoms with Gasteiger partial charge in [-0.15, -0.1) is 11.3 Å². The first-order valence-electron chi connectivity index (χ1n) is 5.46. The molecule has 0 saturated heterocycles. The van der Waals surface area contributed by atoms with Gasteiger partial charge in [-0.25, -0.2) is 4.98 Å². The summed E-state index contributed by atoms with van der Waals surface area (Å²) in [6, 6.07) is 0. The first-order chi connectivity index (χ1) is 7.17. The Balaban J connectivity index is 2.41. The number of aliphatic hydroxyl groups is 1. The SMILES string of the molecule is CCC(CCO)CNc1nc(C)c(C)s1. The minimum absolute atomic E-state index is 0.274. The van der Waals surface area contributed by atoms with Gasteiger partial charge in [0.25, 0.3) is 0 Å². The number of aromatic nitrogens is 1. The first-order valence-corrected chi connectivity index (χ1v) is 6.27. The zero-order chi connectivity index (χ0) is 11.3. The Morgan fingerprint density at radius 3 is 2.67 bits per heavy atom. The molecule has 0 radical (unpaired) electrons. The van der Waals surface area contributed by atoms with Gasteiger partial charge in [0.15, 0.2) is 5.13 Å². The second-order valence-electron chi connectivity index (χ2n) is 3.83. The largest absolute Gasteiger partial charge is 0.396 e. The summed E-state index contributed by atoms with van der Waals surface area (Å²) in [5.74, 6) is 0.541. The molecular formula is C11H20N2OS. The van der Waals surface area contributed by atoms with E-state index in [0.29, 0.717) is 5.92 Å². The van der Waals surface area contributed by atoms with Crippen molar-refractivity contribution in [2.24, 2.45) is 5.92 Å². The van der Waals surface area contributed by atoms with Gasteiger partial charge in [0.1, 0.15) is 0 Å². The van der Waals surface area contributed by atoms with Gasteiger partial charge in [-0.1, -0.05) is 13.3 Å². The van der Waals surface area contributed by atoms with E-state index in [1.165, 1.54) is 4.88 Å². The Kier molecular flexibility index (Phi) is 5.05. The molecule has 0 amide bonds. The molecule has 0 bridgehead atoms. The van der Waals surface area contributed by atoms with Crippen molar-refractivity contribution in [2.75, 3.05) is 18.5 Å². The second-order valence-corrected chi connectivity index (χ2v) is 5.03. The summed E-state index contributed by atoms with van der Waals surface area (Å²) in [5, 5.41) is 13.2. The molecule has 2 N–H and O–H groups in total. The van der Waals surface area contributed by atoms with E-state index in [4.69, 9.17) is 5.11 Å². The molecule has 1 aromatic rings. The maximum atomic E-state index is 8.87. The Morgan fingerprint density at radius 2 is 2.20 bits per heavy atom. The standard InChI is InChI=1S/C11H20N2OS/c1-4-10(5-6-14)7-12-11-13-8(2)9(3)15-11/h10,14H,4-7H2,1-3H3,(H,12,13). The molecule has 0 aliphatic rings. The van der Waals surface area contributed by atoms with Crippen LogP contribution in [0.25, 0.3) is 0 Å². The molecule has 3 nitrogen and oxygen atoms in total. The molecule has 0 fully saturated rings. The van der Waals surface area contributed by atoms with E-state index in [-0.39, 0.29) is 6.61 Å². The Labute approximate surface area is 95.6 Å². The maximum Gasteiger partial charge on any atom is 0.183 e. The molecular weight excluding hydrogens is 208 g/mol.